The minimum Gasteiger partial charge on any atom is -0.427 e. The van der Waals surface area contributed by atoms with Crippen LogP contribution in [0, 0.1) is 24.2 Å². The van der Waals surface area contributed by atoms with Gasteiger partial charge in [-0.15, -0.1) is 0 Å². The van der Waals surface area contributed by atoms with E-state index < -0.39 is 10.0 Å². The van der Waals surface area contributed by atoms with Crippen LogP contribution in [0.15, 0.2) is 53.4 Å². The molecule has 0 amide bonds. The lowest BCUT2D eigenvalue weighted by molar-refractivity contribution is -0.141. The Morgan fingerprint density at radius 3 is 2.21 bits per heavy atom. The summed E-state index contributed by atoms with van der Waals surface area (Å²) in [4.78, 5) is 13.1. The van der Waals surface area contributed by atoms with Crippen molar-refractivity contribution in [2.75, 3.05) is 11.4 Å². The average molecular weight is 533 g/mol. The third-order valence-electron chi connectivity index (χ3n) is 7.74. The molecular formula is C26H30BrNO4S. The summed E-state index contributed by atoms with van der Waals surface area (Å²) in [5.74, 6) is 1.71. The van der Waals surface area contributed by atoms with Crippen LogP contribution < -0.4 is 9.04 Å². The van der Waals surface area contributed by atoms with Crippen LogP contribution >= 0.6 is 15.9 Å². The second-order valence-corrected chi connectivity index (χ2v) is 14.2. The summed E-state index contributed by atoms with van der Waals surface area (Å²) >= 11 is 4.00. The molecule has 0 saturated heterocycles. The van der Waals surface area contributed by atoms with Gasteiger partial charge in [0.2, 0.25) is 0 Å². The SMILES string of the molecule is Cc1ccc(S(=O)(=O)N(C)c2ccc(OC(=O)CC34CC5CC(CC(Br)(C5)C3)C4)cc2)cc1. The number of carbonyl (C=O) groups is 1. The zero-order chi connectivity index (χ0) is 23.4. The highest BCUT2D eigenvalue weighted by molar-refractivity contribution is 9.10. The molecule has 0 aromatic heterocycles. The zero-order valence-electron chi connectivity index (χ0n) is 19.1. The highest BCUT2D eigenvalue weighted by Gasteiger charge is 2.57. The number of anilines is 1. The minimum atomic E-state index is -3.66. The number of hydrogen-bond acceptors (Lipinski definition) is 4. The summed E-state index contributed by atoms with van der Waals surface area (Å²) in [7, 11) is -2.13. The summed E-state index contributed by atoms with van der Waals surface area (Å²) in [6, 6.07) is 13.5. The van der Waals surface area contributed by atoms with E-state index in [1.807, 2.05) is 6.92 Å². The summed E-state index contributed by atoms with van der Waals surface area (Å²) in [6.07, 6.45) is 7.56. The lowest BCUT2D eigenvalue weighted by atomic mass is 9.49. The third kappa shape index (κ3) is 4.46. The van der Waals surface area contributed by atoms with E-state index in [-0.39, 0.29) is 20.6 Å². The quantitative estimate of drug-likeness (QED) is 0.266. The molecule has 4 aliphatic rings. The Morgan fingerprint density at radius 1 is 1.03 bits per heavy atom. The first-order chi connectivity index (χ1) is 15.6. The zero-order valence-corrected chi connectivity index (χ0v) is 21.5. The van der Waals surface area contributed by atoms with Gasteiger partial charge in [-0.05, 0) is 99.1 Å². The van der Waals surface area contributed by atoms with Gasteiger partial charge in [-0.3, -0.25) is 9.10 Å². The van der Waals surface area contributed by atoms with Gasteiger partial charge in [0.25, 0.3) is 10.0 Å². The normalized spacial score (nSPS) is 30.3. The van der Waals surface area contributed by atoms with Gasteiger partial charge in [0, 0.05) is 11.4 Å². The second-order valence-electron chi connectivity index (χ2n) is 10.5. The summed E-state index contributed by atoms with van der Waals surface area (Å²) in [5, 5.41) is 0. The molecule has 33 heavy (non-hydrogen) atoms. The Labute approximate surface area is 204 Å². The van der Waals surface area contributed by atoms with Crippen molar-refractivity contribution in [3.63, 3.8) is 0 Å². The van der Waals surface area contributed by atoms with Gasteiger partial charge in [0.15, 0.2) is 0 Å². The molecule has 4 bridgehead atoms. The average Bonchev–Trinajstić information content (AvgIpc) is 2.72. The molecule has 2 atom stereocenters. The predicted molar refractivity (Wildman–Crippen MR) is 132 cm³/mol. The molecule has 4 aliphatic carbocycles. The van der Waals surface area contributed by atoms with E-state index in [1.165, 1.54) is 30.6 Å². The van der Waals surface area contributed by atoms with Gasteiger partial charge in [-0.25, -0.2) is 8.42 Å². The largest absolute Gasteiger partial charge is 0.427 e. The number of hydrogen-bond donors (Lipinski definition) is 0. The molecule has 0 radical (unpaired) electrons. The van der Waals surface area contributed by atoms with Crippen LogP contribution in [-0.2, 0) is 14.8 Å². The minimum absolute atomic E-state index is 0.0624. The monoisotopic (exact) mass is 531 g/mol. The molecule has 6 rings (SSSR count). The van der Waals surface area contributed by atoms with Crippen LogP contribution in [0.25, 0.3) is 0 Å². The number of sulfonamides is 1. The Balaban J connectivity index is 1.25. The number of halogens is 1. The highest BCUT2D eigenvalue weighted by atomic mass is 79.9. The van der Waals surface area contributed by atoms with Crippen LogP contribution in [0.2, 0.25) is 0 Å². The number of rotatable bonds is 6. The van der Waals surface area contributed by atoms with E-state index in [2.05, 4.69) is 15.9 Å². The number of aryl methyl sites for hydroxylation is 1. The van der Waals surface area contributed by atoms with Crippen molar-refractivity contribution < 1.29 is 17.9 Å². The molecule has 0 N–H and O–H groups in total. The van der Waals surface area contributed by atoms with Crippen molar-refractivity contribution in [1.29, 1.82) is 0 Å². The first-order valence-corrected chi connectivity index (χ1v) is 13.8. The molecule has 2 aromatic carbocycles. The maximum atomic E-state index is 12.9. The topological polar surface area (TPSA) is 63.7 Å². The summed E-state index contributed by atoms with van der Waals surface area (Å²) in [5.41, 5.74) is 1.58. The molecule has 2 aromatic rings. The number of esters is 1. The van der Waals surface area contributed by atoms with Gasteiger partial charge in [-0.2, -0.15) is 0 Å². The summed E-state index contributed by atoms with van der Waals surface area (Å²) < 4.78 is 33.0. The van der Waals surface area contributed by atoms with Crippen LogP contribution in [0.1, 0.15) is 50.5 Å². The number of ether oxygens (including phenoxy) is 1. The summed E-state index contributed by atoms with van der Waals surface area (Å²) in [6.45, 7) is 1.92. The first kappa shape index (κ1) is 22.9. The second kappa shape index (κ2) is 8.12. The molecule has 7 heteroatoms. The van der Waals surface area contributed by atoms with Gasteiger partial charge in [0.1, 0.15) is 5.75 Å². The highest BCUT2D eigenvalue weighted by Crippen LogP contribution is 2.65. The molecular weight excluding hydrogens is 502 g/mol. The van der Waals surface area contributed by atoms with Gasteiger partial charge in [0.05, 0.1) is 17.0 Å². The Morgan fingerprint density at radius 2 is 1.64 bits per heavy atom. The van der Waals surface area contributed by atoms with E-state index >= 15 is 0 Å². The molecule has 0 aliphatic heterocycles. The molecule has 2 unspecified atom stereocenters. The van der Waals surface area contributed by atoms with Crippen molar-refractivity contribution in [2.45, 2.75) is 61.1 Å². The smallest absolute Gasteiger partial charge is 0.311 e. The van der Waals surface area contributed by atoms with E-state index in [9.17, 15) is 13.2 Å². The molecule has 0 spiro atoms. The van der Waals surface area contributed by atoms with Gasteiger partial charge >= 0.3 is 5.97 Å². The van der Waals surface area contributed by atoms with Crippen molar-refractivity contribution in [3.8, 4) is 5.75 Å². The van der Waals surface area contributed by atoms with Crippen molar-refractivity contribution in [3.05, 3.63) is 54.1 Å². The van der Waals surface area contributed by atoms with Gasteiger partial charge < -0.3 is 4.74 Å². The van der Waals surface area contributed by atoms with Gasteiger partial charge in [-0.1, -0.05) is 33.6 Å². The molecule has 0 heterocycles. The predicted octanol–water partition coefficient (Wildman–Crippen LogP) is 5.85. The number of benzene rings is 2. The lowest BCUT2D eigenvalue weighted by Crippen LogP contribution is -2.53. The number of carbonyl (C=O) groups excluding carboxylic acids is 1. The molecule has 176 valence electrons. The Bertz CT molecular complexity index is 1150. The third-order valence-corrected chi connectivity index (χ3v) is 10.5. The van der Waals surface area contributed by atoms with E-state index in [4.69, 9.17) is 4.74 Å². The van der Waals surface area contributed by atoms with E-state index in [1.54, 1.807) is 48.5 Å². The maximum absolute atomic E-state index is 12.9. The fourth-order valence-corrected chi connectivity index (χ4v) is 9.45. The van der Waals surface area contributed by atoms with E-state index in [0.29, 0.717) is 17.9 Å². The maximum Gasteiger partial charge on any atom is 0.311 e. The molecule has 5 nitrogen and oxygen atoms in total. The van der Waals surface area contributed by atoms with Crippen LogP contribution in [-0.4, -0.2) is 25.8 Å². The fraction of sp³-hybridized carbons (Fsp3) is 0.500. The van der Waals surface area contributed by atoms with Crippen LogP contribution in [0.5, 0.6) is 5.75 Å². The van der Waals surface area contributed by atoms with Crippen molar-refractivity contribution in [1.82, 2.24) is 0 Å². The standard InChI is InChI=1S/C26H30BrNO4S/c1-18-3-9-23(10-4-18)33(30,31)28(2)21-5-7-22(8-6-21)32-24(29)16-25-12-19-11-20(13-25)15-26(27,14-19)17-25/h3-10,19-20H,11-17H2,1-2H3. The van der Waals surface area contributed by atoms with Crippen molar-refractivity contribution >= 4 is 37.6 Å². The fourth-order valence-electron chi connectivity index (χ4n) is 6.75. The van der Waals surface area contributed by atoms with Crippen LogP contribution in [0.4, 0.5) is 5.69 Å². The molecule has 4 fully saturated rings. The number of nitrogens with zero attached hydrogens (tertiary/aromatic N) is 1. The lowest BCUT2D eigenvalue weighted by Gasteiger charge is -2.60. The Kier molecular flexibility index (Phi) is 5.64. The Hall–Kier alpha value is -1.86. The van der Waals surface area contributed by atoms with Crippen LogP contribution in [0.3, 0.4) is 0 Å². The first-order valence-electron chi connectivity index (χ1n) is 11.6. The number of alkyl halides is 1. The van der Waals surface area contributed by atoms with E-state index in [0.717, 1.165) is 36.7 Å². The molecule has 4 saturated carbocycles. The van der Waals surface area contributed by atoms with Crippen molar-refractivity contribution in [2.24, 2.45) is 17.3 Å².